The van der Waals surface area contributed by atoms with E-state index in [9.17, 15) is 0 Å². The highest BCUT2D eigenvalue weighted by atomic mass is 79.9. The molecule has 0 atom stereocenters. The summed E-state index contributed by atoms with van der Waals surface area (Å²) in [6.07, 6.45) is 7.52. The zero-order chi connectivity index (χ0) is 13.7. The molecule has 4 bridgehead atoms. The monoisotopic (exact) mass is 397 g/mol. The van der Waals surface area contributed by atoms with Crippen LogP contribution in [0.2, 0.25) is 0 Å². The maximum absolute atomic E-state index is 3.89. The third kappa shape index (κ3) is 2.50. The molecule has 0 saturated heterocycles. The molecular formula is C17H21Br2N. The lowest BCUT2D eigenvalue weighted by atomic mass is 9.54. The van der Waals surface area contributed by atoms with Gasteiger partial charge in [-0.2, -0.15) is 0 Å². The Balaban J connectivity index is 1.43. The number of halogens is 2. The van der Waals surface area contributed by atoms with Crippen molar-refractivity contribution in [3.63, 3.8) is 0 Å². The zero-order valence-corrected chi connectivity index (χ0v) is 14.8. The van der Waals surface area contributed by atoms with E-state index in [0.29, 0.717) is 0 Å². The molecular weight excluding hydrogens is 378 g/mol. The zero-order valence-electron chi connectivity index (χ0n) is 11.6. The number of benzene rings is 1. The summed E-state index contributed by atoms with van der Waals surface area (Å²) in [6, 6.07) is 7.37. The molecule has 0 spiro atoms. The Hall–Kier alpha value is 0.140. The molecule has 4 aliphatic rings. The molecule has 4 aliphatic carbocycles. The molecule has 4 fully saturated rings. The van der Waals surface area contributed by atoms with Crippen molar-refractivity contribution in [1.29, 1.82) is 0 Å². The first-order valence-corrected chi connectivity index (χ1v) is 9.45. The van der Waals surface area contributed by atoms with Crippen molar-refractivity contribution in [2.45, 2.75) is 44.7 Å². The summed E-state index contributed by atoms with van der Waals surface area (Å²) in [4.78, 5) is 0. The van der Waals surface area contributed by atoms with Gasteiger partial charge >= 0.3 is 0 Å². The maximum Gasteiger partial charge on any atom is 0.0320 e. The van der Waals surface area contributed by atoms with Gasteiger partial charge in [0.25, 0.3) is 0 Å². The van der Waals surface area contributed by atoms with Crippen molar-refractivity contribution >= 4 is 31.9 Å². The lowest BCUT2D eigenvalue weighted by Crippen LogP contribution is -2.54. The van der Waals surface area contributed by atoms with Crippen LogP contribution in [-0.4, -0.2) is 6.04 Å². The molecule has 0 aliphatic heterocycles. The first-order chi connectivity index (χ1) is 9.69. The van der Waals surface area contributed by atoms with Gasteiger partial charge in [-0.1, -0.05) is 6.07 Å². The summed E-state index contributed by atoms with van der Waals surface area (Å²) < 4.78 is 2.29. The Bertz CT molecular complexity index is 486. The summed E-state index contributed by atoms with van der Waals surface area (Å²) in [5.74, 6) is 4.06. The van der Waals surface area contributed by atoms with E-state index >= 15 is 0 Å². The van der Waals surface area contributed by atoms with E-state index in [4.69, 9.17) is 0 Å². The third-order valence-electron chi connectivity index (χ3n) is 5.75. The number of hydrogen-bond donors (Lipinski definition) is 1. The molecule has 0 heterocycles. The van der Waals surface area contributed by atoms with Crippen molar-refractivity contribution in [3.05, 3.63) is 32.7 Å². The van der Waals surface area contributed by atoms with Crippen molar-refractivity contribution in [2.24, 2.45) is 23.7 Å². The Morgan fingerprint density at radius 3 is 2.15 bits per heavy atom. The van der Waals surface area contributed by atoms with Gasteiger partial charge < -0.3 is 5.32 Å². The predicted molar refractivity (Wildman–Crippen MR) is 89.5 cm³/mol. The van der Waals surface area contributed by atoms with Crippen molar-refractivity contribution in [3.8, 4) is 0 Å². The second kappa shape index (κ2) is 5.40. The van der Waals surface area contributed by atoms with Crippen molar-refractivity contribution in [2.75, 3.05) is 0 Å². The first-order valence-electron chi connectivity index (χ1n) is 7.86. The van der Waals surface area contributed by atoms with E-state index in [-0.39, 0.29) is 0 Å². The minimum absolute atomic E-state index is 0.783. The van der Waals surface area contributed by atoms with Crippen molar-refractivity contribution in [1.82, 2.24) is 5.32 Å². The summed E-state index contributed by atoms with van der Waals surface area (Å²) in [7, 11) is 0. The second-order valence-corrected chi connectivity index (χ2v) is 8.79. The Kier molecular flexibility index (Phi) is 3.72. The molecule has 0 aromatic heterocycles. The minimum Gasteiger partial charge on any atom is -0.309 e. The summed E-state index contributed by atoms with van der Waals surface area (Å²) in [6.45, 7) is 1.01. The first kappa shape index (κ1) is 13.8. The minimum atomic E-state index is 0.783. The lowest BCUT2D eigenvalue weighted by molar-refractivity contribution is -0.0142. The number of rotatable bonds is 3. The van der Waals surface area contributed by atoms with Crippen LogP contribution >= 0.6 is 31.9 Å². The SMILES string of the molecule is Brc1ccc(CNC2C3CC4CC(C3)CC2C4)cc1Br. The van der Waals surface area contributed by atoms with Crippen LogP contribution in [0.15, 0.2) is 27.1 Å². The van der Waals surface area contributed by atoms with Gasteiger partial charge in [-0.25, -0.2) is 0 Å². The van der Waals surface area contributed by atoms with E-state index in [1.54, 1.807) is 6.42 Å². The van der Waals surface area contributed by atoms with Gasteiger partial charge in [0.2, 0.25) is 0 Å². The molecule has 0 radical (unpaired) electrons. The fourth-order valence-electron chi connectivity index (χ4n) is 5.14. The highest BCUT2D eigenvalue weighted by Crippen LogP contribution is 2.53. The normalized spacial score (nSPS) is 38.4. The third-order valence-corrected chi connectivity index (χ3v) is 7.63. The molecule has 1 nitrogen and oxygen atoms in total. The Labute approximate surface area is 138 Å². The smallest absolute Gasteiger partial charge is 0.0320 e. The van der Waals surface area contributed by atoms with Gasteiger partial charge in [0, 0.05) is 21.5 Å². The van der Waals surface area contributed by atoms with Gasteiger partial charge in [0.1, 0.15) is 0 Å². The highest BCUT2D eigenvalue weighted by Gasteiger charge is 2.47. The van der Waals surface area contributed by atoms with E-state index < -0.39 is 0 Å². The fourth-order valence-corrected chi connectivity index (χ4v) is 5.82. The molecule has 108 valence electrons. The van der Waals surface area contributed by atoms with Gasteiger partial charge in [0.15, 0.2) is 0 Å². The molecule has 4 saturated carbocycles. The van der Waals surface area contributed by atoms with Crippen LogP contribution in [0.4, 0.5) is 0 Å². The van der Waals surface area contributed by atoms with Crippen LogP contribution in [0.1, 0.15) is 37.7 Å². The van der Waals surface area contributed by atoms with Crippen LogP contribution in [0.3, 0.4) is 0 Å². The predicted octanol–water partition coefficient (Wildman–Crippen LogP) is 5.13. The molecule has 0 unspecified atom stereocenters. The number of hydrogen-bond acceptors (Lipinski definition) is 1. The molecule has 20 heavy (non-hydrogen) atoms. The van der Waals surface area contributed by atoms with E-state index in [0.717, 1.165) is 45.2 Å². The van der Waals surface area contributed by atoms with Crippen LogP contribution in [0, 0.1) is 23.7 Å². The van der Waals surface area contributed by atoms with Gasteiger partial charge in [0.05, 0.1) is 0 Å². The molecule has 3 heteroatoms. The van der Waals surface area contributed by atoms with Crippen LogP contribution in [0.5, 0.6) is 0 Å². The molecule has 5 rings (SSSR count). The van der Waals surface area contributed by atoms with Gasteiger partial charge in [-0.3, -0.25) is 0 Å². The lowest BCUT2D eigenvalue weighted by Gasteiger charge is -2.54. The average Bonchev–Trinajstić information content (AvgIpc) is 2.41. The Morgan fingerprint density at radius 1 is 0.900 bits per heavy atom. The highest BCUT2D eigenvalue weighted by molar-refractivity contribution is 9.13. The Morgan fingerprint density at radius 2 is 1.55 bits per heavy atom. The van der Waals surface area contributed by atoms with Crippen molar-refractivity contribution < 1.29 is 0 Å². The average molecular weight is 399 g/mol. The second-order valence-electron chi connectivity index (χ2n) is 7.09. The molecule has 0 amide bonds. The van der Waals surface area contributed by atoms with E-state index in [1.807, 2.05) is 0 Å². The van der Waals surface area contributed by atoms with Crippen LogP contribution in [-0.2, 0) is 6.54 Å². The van der Waals surface area contributed by atoms with E-state index in [1.165, 1.54) is 31.2 Å². The number of nitrogens with one attached hydrogen (secondary N) is 1. The summed E-state index contributed by atoms with van der Waals surface area (Å²) >= 11 is 7.14. The van der Waals surface area contributed by atoms with Crippen LogP contribution in [0.25, 0.3) is 0 Å². The molecule has 1 aromatic rings. The summed E-state index contributed by atoms with van der Waals surface area (Å²) in [5.41, 5.74) is 1.38. The topological polar surface area (TPSA) is 12.0 Å². The maximum atomic E-state index is 3.89. The van der Waals surface area contributed by atoms with Gasteiger partial charge in [-0.15, -0.1) is 0 Å². The largest absolute Gasteiger partial charge is 0.309 e. The van der Waals surface area contributed by atoms with E-state index in [2.05, 4.69) is 55.4 Å². The molecule has 1 N–H and O–H groups in total. The van der Waals surface area contributed by atoms with Crippen LogP contribution < -0.4 is 5.32 Å². The fraction of sp³-hybridized carbons (Fsp3) is 0.647. The summed E-state index contributed by atoms with van der Waals surface area (Å²) in [5, 5.41) is 3.89. The quantitative estimate of drug-likeness (QED) is 0.744. The molecule has 1 aromatic carbocycles. The standard InChI is InChI=1S/C17H21Br2N/c18-15-2-1-10(8-16(15)19)9-20-17-13-4-11-3-12(6-13)7-14(17)5-11/h1-2,8,11-14,17,20H,3-7,9H2. The van der Waals surface area contributed by atoms with Gasteiger partial charge in [-0.05, 0) is 105 Å².